The zero-order valence-electron chi connectivity index (χ0n) is 30.0. The Bertz CT molecular complexity index is 929. The third kappa shape index (κ3) is 8.52. The van der Waals surface area contributed by atoms with Gasteiger partial charge in [-0.05, 0) is 175 Å². The summed E-state index contributed by atoms with van der Waals surface area (Å²) in [5, 5.41) is 22.8. The van der Waals surface area contributed by atoms with Crippen molar-refractivity contribution >= 4 is 5.97 Å². The van der Waals surface area contributed by atoms with Gasteiger partial charge in [-0.3, -0.25) is 4.79 Å². The van der Waals surface area contributed by atoms with Gasteiger partial charge in [0.1, 0.15) is 0 Å². The van der Waals surface area contributed by atoms with E-state index in [2.05, 4.69) is 36.7 Å². The predicted octanol–water partition coefficient (Wildman–Crippen LogP) is 6.03. The van der Waals surface area contributed by atoms with Gasteiger partial charge in [0.15, 0.2) is 0 Å². The average Bonchev–Trinajstić information content (AvgIpc) is 3.42. The highest BCUT2D eigenvalue weighted by Gasteiger charge is 2.63. The number of rotatable bonds is 17. The molecule has 46 heavy (non-hydrogen) atoms. The second-order valence-electron chi connectivity index (χ2n) is 17.1. The summed E-state index contributed by atoms with van der Waals surface area (Å²) in [6.07, 6.45) is 20.0. The smallest absolute Gasteiger partial charge is 0.308 e. The number of hydrogen-bond donors (Lipinski definition) is 5. The molecular weight excluding hydrogens is 572 g/mol. The highest BCUT2D eigenvalue weighted by atomic mass is 16.5. The maximum Gasteiger partial charge on any atom is 0.308 e. The Labute approximate surface area is 282 Å². The van der Waals surface area contributed by atoms with Gasteiger partial charge < -0.3 is 31.5 Å². The molecule has 5 aliphatic rings. The lowest BCUT2D eigenvalue weighted by molar-refractivity contribution is -0.169. The number of nitrogens with one attached hydrogen (secondary N) is 3. The molecule has 5 fully saturated rings. The number of carbonyl (C=O) groups is 1. The number of hydrogen-bond acceptors (Lipinski definition) is 7. The Balaban J connectivity index is 1.04. The maximum absolute atomic E-state index is 12.8. The Morgan fingerprint density at radius 3 is 2.24 bits per heavy atom. The molecule has 5 saturated carbocycles. The molecule has 0 radical (unpaired) electrons. The second kappa shape index (κ2) is 17.3. The normalized spacial score (nSPS) is 38.5. The first-order chi connectivity index (χ1) is 22.3. The zero-order chi connectivity index (χ0) is 32.6. The fourth-order valence-electron chi connectivity index (χ4n) is 11.7. The summed E-state index contributed by atoms with van der Waals surface area (Å²) in [5.74, 6) is 3.52. The molecule has 6 N–H and O–H groups in total. The first kappa shape index (κ1) is 36.5. The minimum absolute atomic E-state index is 0.0622. The Hall–Kier alpha value is -0.730. The van der Waals surface area contributed by atoms with Crippen LogP contribution in [0.4, 0.5) is 0 Å². The van der Waals surface area contributed by atoms with Crippen LogP contribution in [0.2, 0.25) is 0 Å². The summed E-state index contributed by atoms with van der Waals surface area (Å²) in [6, 6.07) is 0.600. The van der Waals surface area contributed by atoms with E-state index in [0.717, 1.165) is 65.0 Å². The number of fused-ring (bicyclic) bond motifs is 5. The van der Waals surface area contributed by atoms with Crippen molar-refractivity contribution in [1.29, 1.82) is 0 Å². The van der Waals surface area contributed by atoms with Gasteiger partial charge in [0.05, 0.1) is 18.6 Å². The second-order valence-corrected chi connectivity index (χ2v) is 17.1. The minimum Gasteiger partial charge on any atom is -0.465 e. The lowest BCUT2D eigenvalue weighted by Crippen LogP contribution is -2.59. The van der Waals surface area contributed by atoms with Crippen LogP contribution in [0.3, 0.4) is 0 Å². The molecule has 0 heterocycles. The number of ether oxygens (including phenoxy) is 1. The van der Waals surface area contributed by atoms with E-state index in [1.54, 1.807) is 0 Å². The molecule has 0 aromatic heterocycles. The van der Waals surface area contributed by atoms with Crippen molar-refractivity contribution in [2.45, 2.75) is 142 Å². The molecule has 0 aromatic carbocycles. The SMILES string of the molecule is C[C@H](COC(=O)C1CCCCC1)[C@H]1CCC2C3C(CC[C@@]21C)[C@@]1(C)CC[C@H](NCCCNCCCCNCCCN)CC1C[C@H]3O. The van der Waals surface area contributed by atoms with Gasteiger partial charge in [0.2, 0.25) is 0 Å². The van der Waals surface area contributed by atoms with Crippen molar-refractivity contribution in [2.24, 2.45) is 58.0 Å². The molecule has 0 aromatic rings. The van der Waals surface area contributed by atoms with Crippen LogP contribution in [-0.4, -0.2) is 69.1 Å². The first-order valence-electron chi connectivity index (χ1n) is 20.0. The van der Waals surface area contributed by atoms with E-state index in [-0.39, 0.29) is 23.4 Å². The number of aliphatic hydroxyl groups is 1. The molecule has 0 amide bonds. The Morgan fingerprint density at radius 1 is 0.826 bits per heavy atom. The predicted molar refractivity (Wildman–Crippen MR) is 188 cm³/mol. The van der Waals surface area contributed by atoms with Crippen LogP contribution in [0, 0.1) is 52.3 Å². The lowest BCUT2D eigenvalue weighted by atomic mass is 9.43. The van der Waals surface area contributed by atoms with Gasteiger partial charge in [-0.25, -0.2) is 0 Å². The molecular formula is C39H72N4O3. The molecule has 4 unspecified atom stereocenters. The van der Waals surface area contributed by atoms with Crippen LogP contribution in [-0.2, 0) is 9.53 Å². The molecule has 266 valence electrons. The largest absolute Gasteiger partial charge is 0.465 e. The van der Waals surface area contributed by atoms with E-state index in [4.69, 9.17) is 10.5 Å². The number of aliphatic hydroxyl groups excluding tert-OH is 1. The quantitative estimate of drug-likeness (QED) is 0.0972. The molecule has 5 aliphatic carbocycles. The fourth-order valence-corrected chi connectivity index (χ4v) is 11.7. The number of carbonyl (C=O) groups excluding carboxylic acids is 1. The van der Waals surface area contributed by atoms with Crippen molar-refractivity contribution < 1.29 is 14.6 Å². The molecule has 7 nitrogen and oxygen atoms in total. The van der Waals surface area contributed by atoms with Crippen LogP contribution < -0.4 is 21.7 Å². The molecule has 0 saturated heterocycles. The van der Waals surface area contributed by atoms with E-state index in [1.807, 2.05) is 0 Å². The zero-order valence-corrected chi connectivity index (χ0v) is 30.0. The van der Waals surface area contributed by atoms with Crippen LogP contribution in [0.5, 0.6) is 0 Å². The molecule has 0 bridgehead atoms. The highest BCUT2D eigenvalue weighted by Crippen LogP contribution is 2.68. The van der Waals surface area contributed by atoms with Crippen molar-refractivity contribution in [3.8, 4) is 0 Å². The summed E-state index contributed by atoms with van der Waals surface area (Å²) in [5.41, 5.74) is 6.17. The van der Waals surface area contributed by atoms with Crippen LogP contribution in [0.25, 0.3) is 0 Å². The van der Waals surface area contributed by atoms with Crippen LogP contribution in [0.1, 0.15) is 130 Å². The topological polar surface area (TPSA) is 109 Å². The molecule has 0 aliphatic heterocycles. The van der Waals surface area contributed by atoms with E-state index < -0.39 is 0 Å². The minimum atomic E-state index is -0.162. The van der Waals surface area contributed by atoms with Gasteiger partial charge in [-0.2, -0.15) is 0 Å². The Kier molecular flexibility index (Phi) is 13.7. The standard InChI is InChI=1S/C39H72N4O3/c1-28(27-46-37(45)29-11-5-4-6-12-29)32-13-14-33-36-34(16-18-39(32,33)3)38(2)17-15-31(25-30(38)26-35(36)44)43-24-10-23-42-21-8-7-20-41-22-9-19-40/h28-36,41-44H,4-27,40H2,1-3H3/t28-,30?,31+,32-,33?,34?,35-,36?,38+,39-/m1/s1. The molecule has 5 rings (SSSR count). The summed E-state index contributed by atoms with van der Waals surface area (Å²) in [7, 11) is 0. The summed E-state index contributed by atoms with van der Waals surface area (Å²) in [4.78, 5) is 12.8. The maximum atomic E-state index is 12.8. The van der Waals surface area contributed by atoms with Crippen molar-refractivity contribution in [3.05, 3.63) is 0 Å². The number of nitrogens with two attached hydrogens (primary N) is 1. The van der Waals surface area contributed by atoms with Gasteiger partial charge in [-0.1, -0.05) is 40.0 Å². The van der Waals surface area contributed by atoms with Gasteiger partial charge >= 0.3 is 5.97 Å². The lowest BCUT2D eigenvalue weighted by Gasteiger charge is -2.62. The van der Waals surface area contributed by atoms with E-state index in [1.165, 1.54) is 83.5 Å². The number of unbranched alkanes of at least 4 members (excludes halogenated alkanes) is 1. The Morgan fingerprint density at radius 2 is 1.50 bits per heavy atom. The van der Waals surface area contributed by atoms with E-state index in [0.29, 0.717) is 53.6 Å². The fraction of sp³-hybridized carbons (Fsp3) is 0.974. The van der Waals surface area contributed by atoms with E-state index in [9.17, 15) is 9.90 Å². The van der Waals surface area contributed by atoms with Crippen LogP contribution >= 0.6 is 0 Å². The van der Waals surface area contributed by atoms with Gasteiger partial charge in [0.25, 0.3) is 0 Å². The first-order valence-corrected chi connectivity index (χ1v) is 20.0. The molecule has 10 atom stereocenters. The van der Waals surface area contributed by atoms with Crippen molar-refractivity contribution in [2.75, 3.05) is 45.9 Å². The van der Waals surface area contributed by atoms with E-state index >= 15 is 0 Å². The van der Waals surface area contributed by atoms with Crippen LogP contribution in [0.15, 0.2) is 0 Å². The van der Waals surface area contributed by atoms with Gasteiger partial charge in [-0.15, -0.1) is 0 Å². The summed E-state index contributed by atoms with van der Waals surface area (Å²) < 4.78 is 5.98. The summed E-state index contributed by atoms with van der Waals surface area (Å²) in [6.45, 7) is 14.3. The van der Waals surface area contributed by atoms with Gasteiger partial charge in [0, 0.05) is 6.04 Å². The number of esters is 1. The molecule has 0 spiro atoms. The van der Waals surface area contributed by atoms with Crippen molar-refractivity contribution in [3.63, 3.8) is 0 Å². The average molecular weight is 645 g/mol. The third-order valence-corrected chi connectivity index (χ3v) is 14.3. The monoisotopic (exact) mass is 645 g/mol. The van der Waals surface area contributed by atoms with Crippen molar-refractivity contribution in [1.82, 2.24) is 16.0 Å². The highest BCUT2D eigenvalue weighted by molar-refractivity contribution is 5.72. The summed E-state index contributed by atoms with van der Waals surface area (Å²) >= 11 is 0. The molecule has 7 heteroatoms. The third-order valence-electron chi connectivity index (χ3n) is 14.3.